The largest absolute Gasteiger partial charge is 0.481 e. The van der Waals surface area contributed by atoms with Gasteiger partial charge in [-0.25, -0.2) is 13.1 Å². The smallest absolute Gasteiger partial charge is 0.304 e. The number of halogens is 2. The lowest BCUT2D eigenvalue weighted by atomic mass is 9.64. The highest BCUT2D eigenvalue weighted by molar-refractivity contribution is 7.90. The second-order valence-corrected chi connectivity index (χ2v) is 14.3. The number of carboxylic acid groups (broad SMARTS) is 1. The van der Waals surface area contributed by atoms with Crippen molar-refractivity contribution in [2.45, 2.75) is 76.1 Å². The lowest BCUT2D eigenvalue weighted by Crippen LogP contribution is -2.59. The normalized spacial score (nSPS) is 24.7. The highest BCUT2D eigenvalue weighted by atomic mass is 35.5. The van der Waals surface area contributed by atoms with Crippen molar-refractivity contribution < 1.29 is 23.1 Å². The number of benzene rings is 2. The molecule has 1 saturated carbocycles. The van der Waals surface area contributed by atoms with E-state index < -0.39 is 38.7 Å². The van der Waals surface area contributed by atoms with Crippen LogP contribution in [-0.4, -0.2) is 48.1 Å². The Morgan fingerprint density at radius 3 is 2.31 bits per heavy atom. The Labute approximate surface area is 240 Å². The molecule has 39 heavy (non-hydrogen) atoms. The maximum absolute atomic E-state index is 14.6. The SMILES string of the molecule is CCC1(CC(=O)O)CC(c2cccc(Cl)c2)[C@@H](c2ccc(Cl)cc2)N([C@H](CNS(=O)(=O)C(C)C)C2CC2)C1=O. The van der Waals surface area contributed by atoms with E-state index in [2.05, 4.69) is 4.72 Å². The Morgan fingerprint density at radius 2 is 1.77 bits per heavy atom. The van der Waals surface area contributed by atoms with Gasteiger partial charge < -0.3 is 10.0 Å². The van der Waals surface area contributed by atoms with Crippen molar-refractivity contribution in [1.29, 1.82) is 0 Å². The molecule has 2 aliphatic rings. The first-order chi connectivity index (χ1) is 18.4. The third-order valence-electron chi connectivity index (χ3n) is 8.27. The lowest BCUT2D eigenvalue weighted by Gasteiger charge is -2.53. The molecule has 0 radical (unpaired) electrons. The first-order valence-electron chi connectivity index (χ1n) is 13.4. The summed E-state index contributed by atoms with van der Waals surface area (Å²) >= 11 is 12.6. The number of carboxylic acids is 1. The molecule has 2 aromatic rings. The summed E-state index contributed by atoms with van der Waals surface area (Å²) < 4.78 is 28.3. The van der Waals surface area contributed by atoms with Crippen LogP contribution in [0.15, 0.2) is 48.5 Å². The van der Waals surface area contributed by atoms with Gasteiger partial charge in [0.05, 0.1) is 23.1 Å². The molecule has 7 nitrogen and oxygen atoms in total. The van der Waals surface area contributed by atoms with Crippen LogP contribution < -0.4 is 4.72 Å². The molecular formula is C29H36Cl2N2O5S. The quantitative estimate of drug-likeness (QED) is 0.330. The van der Waals surface area contributed by atoms with Crippen LogP contribution in [0.5, 0.6) is 0 Å². The first-order valence-corrected chi connectivity index (χ1v) is 15.7. The summed E-state index contributed by atoms with van der Waals surface area (Å²) in [5, 5.41) is 10.4. The van der Waals surface area contributed by atoms with E-state index in [-0.39, 0.29) is 30.7 Å². The minimum absolute atomic E-state index is 0.0656. The number of carbonyl (C=O) groups is 2. The van der Waals surface area contributed by atoms with Gasteiger partial charge in [-0.1, -0.05) is 54.4 Å². The standard InChI is InChI=1S/C29H36Cl2N2O5S/c1-4-29(16-26(34)35)15-24(21-6-5-7-23(31)14-21)27(20-10-12-22(30)13-11-20)33(28(29)36)25(19-8-9-19)17-32-39(37,38)18(2)3/h5-7,10-14,18-19,24-25,27,32H,4,8-9,15-17H2,1-3H3,(H,34,35)/t24?,25-,27-,29?/m1/s1. The first kappa shape index (κ1) is 29.8. The number of amides is 1. The number of carbonyl (C=O) groups excluding carboxylic acids is 1. The number of nitrogens with one attached hydrogen (secondary N) is 1. The molecule has 2 N–H and O–H groups in total. The summed E-state index contributed by atoms with van der Waals surface area (Å²) in [4.78, 5) is 28.5. The molecule has 2 fully saturated rings. The number of piperidine rings is 1. The topological polar surface area (TPSA) is 104 Å². The summed E-state index contributed by atoms with van der Waals surface area (Å²) in [7, 11) is -3.58. The number of hydrogen-bond donors (Lipinski definition) is 2. The molecule has 4 rings (SSSR count). The van der Waals surface area contributed by atoms with Crippen molar-refractivity contribution in [2.24, 2.45) is 11.3 Å². The van der Waals surface area contributed by atoms with Crippen LogP contribution >= 0.6 is 23.2 Å². The highest BCUT2D eigenvalue weighted by Crippen LogP contribution is 2.55. The van der Waals surface area contributed by atoms with Crippen molar-refractivity contribution in [3.8, 4) is 0 Å². The molecule has 1 heterocycles. The van der Waals surface area contributed by atoms with Gasteiger partial charge in [-0.2, -0.15) is 0 Å². The summed E-state index contributed by atoms with van der Waals surface area (Å²) in [6.45, 7) is 5.14. The van der Waals surface area contributed by atoms with Crippen LogP contribution in [0.3, 0.4) is 0 Å². The number of sulfonamides is 1. The van der Waals surface area contributed by atoms with Crippen LogP contribution in [0.1, 0.15) is 76.0 Å². The fourth-order valence-corrected chi connectivity index (χ4v) is 6.92. The summed E-state index contributed by atoms with van der Waals surface area (Å²) in [6.07, 6.45) is 2.09. The Balaban J connectivity index is 1.91. The zero-order chi connectivity index (χ0) is 28.5. The Morgan fingerprint density at radius 1 is 1.10 bits per heavy atom. The number of aliphatic carboxylic acids is 1. The van der Waals surface area contributed by atoms with E-state index in [1.54, 1.807) is 32.0 Å². The Bertz CT molecular complexity index is 1310. The van der Waals surface area contributed by atoms with Crippen LogP contribution in [-0.2, 0) is 19.6 Å². The number of likely N-dealkylation sites (tertiary alicyclic amines) is 1. The zero-order valence-electron chi connectivity index (χ0n) is 22.4. The molecule has 2 unspecified atom stereocenters. The molecule has 212 valence electrons. The lowest BCUT2D eigenvalue weighted by molar-refractivity contribution is -0.162. The maximum Gasteiger partial charge on any atom is 0.304 e. The second-order valence-electron chi connectivity index (χ2n) is 11.1. The van der Waals surface area contributed by atoms with E-state index in [4.69, 9.17) is 23.2 Å². The number of rotatable bonds is 11. The van der Waals surface area contributed by atoms with Crippen LogP contribution in [0.2, 0.25) is 10.0 Å². The third-order valence-corrected chi connectivity index (χ3v) is 10.6. The second kappa shape index (κ2) is 11.8. The average molecular weight is 596 g/mol. The molecule has 1 aliphatic carbocycles. The minimum Gasteiger partial charge on any atom is -0.481 e. The fourth-order valence-electron chi connectivity index (χ4n) is 5.86. The fraction of sp³-hybridized carbons (Fsp3) is 0.517. The predicted molar refractivity (Wildman–Crippen MR) is 153 cm³/mol. The van der Waals surface area contributed by atoms with E-state index in [1.165, 1.54) is 0 Å². The summed E-state index contributed by atoms with van der Waals surface area (Å²) in [5.41, 5.74) is 0.613. The molecule has 1 saturated heterocycles. The van der Waals surface area contributed by atoms with Crippen LogP contribution in [0.4, 0.5) is 0 Å². The monoisotopic (exact) mass is 594 g/mol. The van der Waals surface area contributed by atoms with Gasteiger partial charge in [0.1, 0.15) is 0 Å². The Hall–Kier alpha value is -2.13. The molecular weight excluding hydrogens is 559 g/mol. The predicted octanol–water partition coefficient (Wildman–Crippen LogP) is 6.03. The van der Waals surface area contributed by atoms with Gasteiger partial charge in [0.2, 0.25) is 15.9 Å². The van der Waals surface area contributed by atoms with Gasteiger partial charge in [-0.05, 0) is 80.8 Å². The van der Waals surface area contributed by atoms with Crippen molar-refractivity contribution in [3.05, 3.63) is 69.7 Å². The van der Waals surface area contributed by atoms with E-state index in [9.17, 15) is 23.1 Å². The molecule has 0 bridgehead atoms. The highest BCUT2D eigenvalue weighted by Gasteiger charge is 2.55. The van der Waals surface area contributed by atoms with Gasteiger partial charge in [0.15, 0.2) is 0 Å². The van der Waals surface area contributed by atoms with E-state index in [0.29, 0.717) is 22.9 Å². The van der Waals surface area contributed by atoms with Crippen LogP contribution in [0, 0.1) is 11.3 Å². The molecule has 0 spiro atoms. The maximum atomic E-state index is 14.6. The zero-order valence-corrected chi connectivity index (χ0v) is 24.8. The van der Waals surface area contributed by atoms with E-state index in [0.717, 1.165) is 24.0 Å². The average Bonchev–Trinajstić information content (AvgIpc) is 3.71. The summed E-state index contributed by atoms with van der Waals surface area (Å²) in [6, 6.07) is 13.9. The molecule has 2 aromatic carbocycles. The molecule has 4 atom stereocenters. The van der Waals surface area contributed by atoms with Crippen molar-refractivity contribution >= 4 is 45.1 Å². The van der Waals surface area contributed by atoms with Gasteiger partial charge >= 0.3 is 5.97 Å². The molecule has 1 amide bonds. The van der Waals surface area contributed by atoms with Gasteiger partial charge in [0.25, 0.3) is 0 Å². The third kappa shape index (κ3) is 6.45. The van der Waals surface area contributed by atoms with E-state index in [1.807, 2.05) is 42.2 Å². The minimum atomic E-state index is -3.58. The van der Waals surface area contributed by atoms with Crippen molar-refractivity contribution in [2.75, 3.05) is 6.54 Å². The molecule has 1 aliphatic heterocycles. The van der Waals surface area contributed by atoms with Crippen molar-refractivity contribution in [1.82, 2.24) is 9.62 Å². The van der Waals surface area contributed by atoms with Gasteiger partial charge in [-0.15, -0.1) is 0 Å². The van der Waals surface area contributed by atoms with Gasteiger partial charge in [-0.3, -0.25) is 9.59 Å². The Kier molecular flexibility index (Phi) is 9.01. The molecule has 0 aromatic heterocycles. The van der Waals surface area contributed by atoms with E-state index >= 15 is 0 Å². The van der Waals surface area contributed by atoms with Crippen LogP contribution in [0.25, 0.3) is 0 Å². The van der Waals surface area contributed by atoms with Gasteiger partial charge in [0, 0.05) is 28.5 Å². The number of hydrogen-bond acceptors (Lipinski definition) is 4. The molecule has 10 heteroatoms. The van der Waals surface area contributed by atoms with Crippen molar-refractivity contribution in [3.63, 3.8) is 0 Å². The number of nitrogens with zero attached hydrogens (tertiary/aromatic N) is 1. The summed E-state index contributed by atoms with van der Waals surface area (Å²) in [5.74, 6) is -1.45.